The Morgan fingerprint density at radius 2 is 1.81 bits per heavy atom. The Hall–Kier alpha value is -0.850. The maximum Gasteiger partial charge on any atom is 0.222 e. The zero-order valence-corrected chi connectivity index (χ0v) is 16.9. The number of nitrogens with one attached hydrogen (secondary N) is 2. The molecule has 0 aliphatic carbocycles. The quantitative estimate of drug-likeness (QED) is 0.765. The minimum absolute atomic E-state index is 0. The lowest BCUT2D eigenvalue weighted by Crippen LogP contribution is -2.41. The molecule has 1 aromatic carbocycles. The van der Waals surface area contributed by atoms with E-state index in [0.717, 1.165) is 25.2 Å². The van der Waals surface area contributed by atoms with Crippen molar-refractivity contribution in [3.05, 3.63) is 35.4 Å². The van der Waals surface area contributed by atoms with Gasteiger partial charge in [0, 0.05) is 26.2 Å². The van der Waals surface area contributed by atoms with Crippen LogP contribution in [0.3, 0.4) is 0 Å². The van der Waals surface area contributed by atoms with Gasteiger partial charge in [0.2, 0.25) is 5.91 Å². The van der Waals surface area contributed by atoms with Gasteiger partial charge in [-0.3, -0.25) is 9.69 Å². The highest BCUT2D eigenvalue weighted by molar-refractivity contribution is 5.85. The summed E-state index contributed by atoms with van der Waals surface area (Å²) in [6.07, 6.45) is 4.46. The van der Waals surface area contributed by atoms with Crippen LogP contribution in [0.15, 0.2) is 24.3 Å². The summed E-state index contributed by atoms with van der Waals surface area (Å²) in [5.74, 6) is 0.0566. The monoisotopic (exact) mass is 403 g/mol. The molecule has 0 bridgehead atoms. The number of piperidine rings is 1. The molecule has 3 rings (SSSR count). The van der Waals surface area contributed by atoms with Crippen LogP contribution in [0, 0.1) is 0 Å². The standard InChI is InChI=1S/C19H29N3O2.2ClH/c23-19(12-18-14-20-8-11-24-18)21-13-16-4-6-17(7-5-16)15-22-9-2-1-3-10-22;;/h4-7,18,20H,1-3,8-15H2,(H,21,23);2*1H. The first kappa shape index (κ1) is 23.2. The number of carbonyl (C=O) groups excluding carboxylic acids is 1. The lowest BCUT2D eigenvalue weighted by atomic mass is 10.1. The van der Waals surface area contributed by atoms with E-state index in [0.29, 0.717) is 19.6 Å². The Bertz CT molecular complexity index is 516. The molecule has 5 nitrogen and oxygen atoms in total. The molecule has 0 radical (unpaired) electrons. The van der Waals surface area contributed by atoms with E-state index in [1.807, 2.05) is 0 Å². The summed E-state index contributed by atoms with van der Waals surface area (Å²) in [6.45, 7) is 6.39. The van der Waals surface area contributed by atoms with Crippen molar-refractivity contribution in [1.29, 1.82) is 0 Å². The average molecular weight is 404 g/mol. The molecular weight excluding hydrogens is 373 g/mol. The van der Waals surface area contributed by atoms with Crippen LogP contribution in [0.4, 0.5) is 0 Å². The zero-order chi connectivity index (χ0) is 16.6. The normalized spacial score (nSPS) is 20.5. The molecule has 2 N–H and O–H groups in total. The Kier molecular flexibility index (Phi) is 11.2. The number of carbonyl (C=O) groups is 1. The van der Waals surface area contributed by atoms with Crippen LogP contribution in [0.2, 0.25) is 0 Å². The van der Waals surface area contributed by atoms with E-state index in [2.05, 4.69) is 39.8 Å². The first-order chi connectivity index (χ1) is 11.8. The summed E-state index contributed by atoms with van der Waals surface area (Å²) < 4.78 is 5.56. The molecule has 0 spiro atoms. The molecule has 1 atom stereocenters. The predicted octanol–water partition coefficient (Wildman–Crippen LogP) is 2.51. The van der Waals surface area contributed by atoms with Crippen molar-refractivity contribution in [2.45, 2.75) is 44.9 Å². The van der Waals surface area contributed by atoms with E-state index >= 15 is 0 Å². The van der Waals surface area contributed by atoms with Crippen LogP contribution in [0.1, 0.15) is 36.8 Å². The summed E-state index contributed by atoms with van der Waals surface area (Å²) in [4.78, 5) is 14.5. The molecule has 26 heavy (non-hydrogen) atoms. The van der Waals surface area contributed by atoms with Gasteiger partial charge in [-0.05, 0) is 37.1 Å². The van der Waals surface area contributed by atoms with Gasteiger partial charge in [-0.1, -0.05) is 30.7 Å². The number of hydrogen-bond acceptors (Lipinski definition) is 4. The van der Waals surface area contributed by atoms with Gasteiger partial charge in [0.05, 0.1) is 19.1 Å². The Labute approximate surface area is 169 Å². The second-order valence-corrected chi connectivity index (χ2v) is 6.83. The number of amides is 1. The lowest BCUT2D eigenvalue weighted by molar-refractivity contribution is -0.124. The Morgan fingerprint density at radius 1 is 1.12 bits per heavy atom. The molecule has 0 saturated carbocycles. The molecule has 7 heteroatoms. The molecule has 2 heterocycles. The van der Waals surface area contributed by atoms with Crippen molar-refractivity contribution < 1.29 is 9.53 Å². The summed E-state index contributed by atoms with van der Waals surface area (Å²) in [5, 5.41) is 6.23. The third kappa shape index (κ3) is 7.80. The average Bonchev–Trinajstić information content (AvgIpc) is 2.63. The van der Waals surface area contributed by atoms with Crippen molar-refractivity contribution in [2.75, 3.05) is 32.8 Å². The second-order valence-electron chi connectivity index (χ2n) is 6.83. The number of morpholine rings is 1. The molecule has 0 aromatic heterocycles. The largest absolute Gasteiger partial charge is 0.375 e. The number of hydrogen-bond donors (Lipinski definition) is 2. The minimum atomic E-state index is 0. The zero-order valence-electron chi connectivity index (χ0n) is 15.2. The van der Waals surface area contributed by atoms with E-state index in [-0.39, 0.29) is 36.8 Å². The Balaban J connectivity index is 0.00000169. The molecule has 2 aliphatic rings. The molecule has 1 amide bonds. The van der Waals surface area contributed by atoms with E-state index in [1.165, 1.54) is 37.9 Å². The fourth-order valence-electron chi connectivity index (χ4n) is 3.37. The maximum atomic E-state index is 12.0. The highest BCUT2D eigenvalue weighted by Crippen LogP contribution is 2.13. The van der Waals surface area contributed by atoms with E-state index in [4.69, 9.17) is 4.74 Å². The van der Waals surface area contributed by atoms with Crippen LogP contribution >= 0.6 is 24.8 Å². The van der Waals surface area contributed by atoms with Gasteiger partial charge in [0.15, 0.2) is 0 Å². The lowest BCUT2D eigenvalue weighted by Gasteiger charge is -2.26. The number of benzene rings is 1. The number of likely N-dealkylation sites (tertiary alicyclic amines) is 1. The van der Waals surface area contributed by atoms with Crippen molar-refractivity contribution in [3.63, 3.8) is 0 Å². The second kappa shape index (κ2) is 12.5. The van der Waals surface area contributed by atoms with E-state index in [1.54, 1.807) is 0 Å². The third-order valence-electron chi connectivity index (χ3n) is 4.78. The summed E-state index contributed by atoms with van der Waals surface area (Å²) in [6, 6.07) is 8.62. The van der Waals surface area contributed by atoms with Crippen LogP contribution in [0.25, 0.3) is 0 Å². The van der Waals surface area contributed by atoms with Gasteiger partial charge >= 0.3 is 0 Å². The molecule has 148 valence electrons. The van der Waals surface area contributed by atoms with E-state index in [9.17, 15) is 4.79 Å². The van der Waals surface area contributed by atoms with Crippen molar-refractivity contribution in [3.8, 4) is 0 Å². The highest BCUT2D eigenvalue weighted by Gasteiger charge is 2.17. The van der Waals surface area contributed by atoms with E-state index < -0.39 is 0 Å². The molecule has 1 aromatic rings. The smallest absolute Gasteiger partial charge is 0.222 e. The van der Waals surface area contributed by atoms with Gasteiger partial charge < -0.3 is 15.4 Å². The van der Waals surface area contributed by atoms with Gasteiger partial charge in [0.25, 0.3) is 0 Å². The summed E-state index contributed by atoms with van der Waals surface area (Å²) in [5.41, 5.74) is 2.50. The third-order valence-corrected chi connectivity index (χ3v) is 4.78. The van der Waals surface area contributed by atoms with Gasteiger partial charge in [-0.15, -0.1) is 24.8 Å². The summed E-state index contributed by atoms with van der Waals surface area (Å²) >= 11 is 0. The molecular formula is C19H31Cl2N3O2. The van der Waals surface area contributed by atoms with Crippen molar-refractivity contribution in [2.24, 2.45) is 0 Å². The van der Waals surface area contributed by atoms with Crippen LogP contribution in [-0.4, -0.2) is 49.7 Å². The van der Waals surface area contributed by atoms with Crippen molar-refractivity contribution >= 4 is 30.7 Å². The number of rotatable bonds is 6. The fraction of sp³-hybridized carbons (Fsp3) is 0.632. The van der Waals surface area contributed by atoms with Gasteiger partial charge in [-0.25, -0.2) is 0 Å². The predicted molar refractivity (Wildman–Crippen MR) is 109 cm³/mol. The molecule has 1 unspecified atom stereocenters. The van der Waals surface area contributed by atoms with Crippen molar-refractivity contribution in [1.82, 2.24) is 15.5 Å². The van der Waals surface area contributed by atoms with Gasteiger partial charge in [-0.2, -0.15) is 0 Å². The fourth-order valence-corrected chi connectivity index (χ4v) is 3.37. The topological polar surface area (TPSA) is 53.6 Å². The minimum Gasteiger partial charge on any atom is -0.375 e. The molecule has 2 aliphatic heterocycles. The van der Waals surface area contributed by atoms with Crippen LogP contribution in [-0.2, 0) is 22.6 Å². The number of ether oxygens (including phenoxy) is 1. The molecule has 2 saturated heterocycles. The first-order valence-electron chi connectivity index (χ1n) is 9.19. The first-order valence-corrected chi connectivity index (χ1v) is 9.19. The SMILES string of the molecule is Cl.Cl.O=C(CC1CNCCO1)NCc1ccc(CN2CCCCC2)cc1. The Morgan fingerprint density at radius 3 is 2.46 bits per heavy atom. The number of nitrogens with zero attached hydrogens (tertiary/aromatic N) is 1. The van der Waals surface area contributed by atoms with Crippen LogP contribution in [0.5, 0.6) is 0 Å². The molecule has 2 fully saturated rings. The highest BCUT2D eigenvalue weighted by atomic mass is 35.5. The summed E-state index contributed by atoms with van der Waals surface area (Å²) in [7, 11) is 0. The van der Waals surface area contributed by atoms with Gasteiger partial charge in [0.1, 0.15) is 0 Å². The van der Waals surface area contributed by atoms with Crippen LogP contribution < -0.4 is 10.6 Å². The number of halogens is 2. The maximum absolute atomic E-state index is 12.0.